The second-order valence-corrected chi connectivity index (χ2v) is 12.6. The van der Waals surface area contributed by atoms with Crippen LogP contribution in [0, 0.1) is 0 Å². The fourth-order valence-electron chi connectivity index (χ4n) is 7.16. The van der Waals surface area contributed by atoms with E-state index in [0.717, 1.165) is 90.1 Å². The molecule has 1 atom stereocenters. The zero-order valence-electron chi connectivity index (χ0n) is 27.6. The highest BCUT2D eigenvalue weighted by atomic mass is 16.5. The van der Waals surface area contributed by atoms with Gasteiger partial charge in [-0.2, -0.15) is 0 Å². The van der Waals surface area contributed by atoms with E-state index >= 15 is 0 Å². The highest BCUT2D eigenvalue weighted by molar-refractivity contribution is 5.97. The quantitative estimate of drug-likeness (QED) is 0.196. The van der Waals surface area contributed by atoms with Crippen molar-refractivity contribution < 1.29 is 4.74 Å². The largest absolute Gasteiger partial charge is 0.467 e. The molecule has 5 heterocycles. The van der Waals surface area contributed by atoms with Gasteiger partial charge in [0.2, 0.25) is 5.88 Å². The molecule has 0 radical (unpaired) electrons. The number of benzene rings is 4. The Labute approximate surface area is 290 Å². The standard InChI is InChI=1S/C45H34N4O/c1-2-39-44-42(31-19-11-5-12-20-31)37-27-25-35(47-37)40(29-15-7-3-8-16-29)33-23-24-34(46-33)41(30-17-9-4-10-18-30)36-26-28-38(48-36)43(45(49-44)50-39)32-21-13-6-14-22-32/h3-28,39,47-48H,2H2,1H3. The van der Waals surface area contributed by atoms with Gasteiger partial charge in [-0.15, -0.1) is 0 Å². The molecule has 7 aromatic rings. The van der Waals surface area contributed by atoms with Gasteiger partial charge in [-0.25, -0.2) is 9.97 Å². The Morgan fingerprint density at radius 2 is 0.840 bits per heavy atom. The number of hydrogen-bond acceptors (Lipinski definition) is 3. The monoisotopic (exact) mass is 646 g/mol. The lowest BCUT2D eigenvalue weighted by Gasteiger charge is -2.12. The summed E-state index contributed by atoms with van der Waals surface area (Å²) in [6.45, 7) is 2.16. The summed E-state index contributed by atoms with van der Waals surface area (Å²) in [6, 6.07) is 50.4. The summed E-state index contributed by atoms with van der Waals surface area (Å²) in [7, 11) is 0. The van der Waals surface area contributed by atoms with Crippen LogP contribution >= 0.6 is 0 Å². The molecule has 50 heavy (non-hydrogen) atoms. The lowest BCUT2D eigenvalue weighted by molar-refractivity contribution is 0.220. The summed E-state index contributed by atoms with van der Waals surface area (Å²) in [4.78, 5) is 18.4. The van der Waals surface area contributed by atoms with Crippen LogP contribution in [-0.4, -0.2) is 19.9 Å². The van der Waals surface area contributed by atoms with E-state index in [-0.39, 0.29) is 6.10 Å². The van der Waals surface area contributed by atoms with E-state index in [9.17, 15) is 0 Å². The van der Waals surface area contributed by atoms with Crippen molar-refractivity contribution in [3.8, 4) is 50.4 Å². The number of hydrogen-bond donors (Lipinski definition) is 2. The van der Waals surface area contributed by atoms with E-state index in [1.165, 1.54) is 0 Å². The molecular formula is C45H34N4O. The van der Waals surface area contributed by atoms with E-state index < -0.39 is 0 Å². The van der Waals surface area contributed by atoms with Crippen molar-refractivity contribution >= 4 is 34.2 Å². The summed E-state index contributed by atoms with van der Waals surface area (Å²) in [5, 5.41) is 0. The van der Waals surface area contributed by atoms with Crippen LogP contribution in [0.3, 0.4) is 0 Å². The van der Waals surface area contributed by atoms with E-state index in [1.807, 2.05) is 24.3 Å². The Bertz CT molecular complexity index is 2530. The first kappa shape index (κ1) is 29.7. The average molecular weight is 647 g/mol. The molecule has 0 fully saturated rings. The molecule has 3 aromatic heterocycles. The zero-order chi connectivity index (χ0) is 33.4. The van der Waals surface area contributed by atoms with Crippen molar-refractivity contribution in [3.63, 3.8) is 0 Å². The van der Waals surface area contributed by atoms with Crippen molar-refractivity contribution in [1.29, 1.82) is 0 Å². The van der Waals surface area contributed by atoms with Gasteiger partial charge in [-0.3, -0.25) is 0 Å². The van der Waals surface area contributed by atoms with Gasteiger partial charge in [0.15, 0.2) is 0 Å². The number of fused-ring (bicyclic) bond motifs is 8. The fraction of sp³-hybridized carbons (Fsp3) is 0.0667. The van der Waals surface area contributed by atoms with Crippen LogP contribution < -0.4 is 4.74 Å². The van der Waals surface area contributed by atoms with E-state index in [2.05, 4.69) is 150 Å². The maximum atomic E-state index is 6.85. The van der Waals surface area contributed by atoms with Gasteiger partial charge in [0.05, 0.1) is 28.2 Å². The molecule has 2 aliphatic rings. The minimum atomic E-state index is -0.237. The molecule has 0 spiro atoms. The topological polar surface area (TPSA) is 66.6 Å². The van der Waals surface area contributed by atoms with Gasteiger partial charge in [-0.1, -0.05) is 128 Å². The van der Waals surface area contributed by atoms with Crippen molar-refractivity contribution in [2.24, 2.45) is 0 Å². The van der Waals surface area contributed by atoms with Gasteiger partial charge < -0.3 is 14.7 Å². The molecule has 5 heteroatoms. The summed E-state index contributed by atoms with van der Waals surface area (Å²) in [5.74, 6) is 0.602. The molecule has 0 amide bonds. The number of H-pyrrole nitrogens is 2. The lowest BCUT2D eigenvalue weighted by Crippen LogP contribution is -2.02. The number of rotatable bonds is 5. The molecular weight excluding hydrogens is 613 g/mol. The number of ether oxygens (including phenoxy) is 1. The molecule has 2 N–H and O–H groups in total. The number of aromatic nitrogens is 4. The first-order chi connectivity index (χ1) is 24.7. The van der Waals surface area contributed by atoms with Crippen molar-refractivity contribution in [2.45, 2.75) is 19.4 Å². The van der Waals surface area contributed by atoms with Crippen LogP contribution in [0.15, 0.2) is 146 Å². The van der Waals surface area contributed by atoms with Crippen LogP contribution in [0.1, 0.15) is 36.5 Å². The number of nitrogens with one attached hydrogen (secondary N) is 2. The molecule has 1 unspecified atom stereocenters. The Kier molecular flexibility index (Phi) is 7.43. The smallest absolute Gasteiger partial charge is 0.224 e. The van der Waals surface area contributed by atoms with Crippen LogP contribution in [0.2, 0.25) is 0 Å². The molecule has 5 nitrogen and oxygen atoms in total. The van der Waals surface area contributed by atoms with Gasteiger partial charge in [0.25, 0.3) is 0 Å². The third kappa shape index (κ3) is 5.20. The Morgan fingerprint density at radius 3 is 1.28 bits per heavy atom. The maximum Gasteiger partial charge on any atom is 0.224 e. The number of nitrogens with zero attached hydrogens (tertiary/aromatic N) is 2. The first-order valence-corrected chi connectivity index (χ1v) is 17.1. The van der Waals surface area contributed by atoms with Crippen molar-refractivity contribution in [3.05, 3.63) is 163 Å². The first-order valence-electron chi connectivity index (χ1n) is 17.1. The van der Waals surface area contributed by atoms with Gasteiger partial charge in [-0.05, 0) is 65.1 Å². The Hall–Kier alpha value is -6.46. The van der Waals surface area contributed by atoms with E-state index in [0.29, 0.717) is 5.88 Å². The van der Waals surface area contributed by atoms with E-state index in [1.54, 1.807) is 0 Å². The minimum absolute atomic E-state index is 0.237. The van der Waals surface area contributed by atoms with Crippen LogP contribution in [0.4, 0.5) is 0 Å². The number of aromatic amines is 2. The third-order valence-electron chi connectivity index (χ3n) is 9.47. The second-order valence-electron chi connectivity index (χ2n) is 12.6. The van der Waals surface area contributed by atoms with Gasteiger partial charge in [0, 0.05) is 33.2 Å². The van der Waals surface area contributed by atoms with Crippen LogP contribution in [-0.2, 0) is 0 Å². The Balaban J connectivity index is 1.50. The predicted octanol–water partition coefficient (Wildman–Crippen LogP) is 11.7. The van der Waals surface area contributed by atoms with Gasteiger partial charge >= 0.3 is 0 Å². The summed E-state index contributed by atoms with van der Waals surface area (Å²) >= 11 is 0. The molecule has 0 saturated carbocycles. The average Bonchev–Trinajstić information content (AvgIpc) is 4.00. The van der Waals surface area contributed by atoms with E-state index in [4.69, 9.17) is 14.7 Å². The third-order valence-corrected chi connectivity index (χ3v) is 9.47. The highest BCUT2D eigenvalue weighted by Crippen LogP contribution is 2.43. The molecule has 4 aromatic carbocycles. The van der Waals surface area contributed by atoms with Crippen LogP contribution in [0.5, 0.6) is 5.88 Å². The SMILES string of the molecule is CCC1Oc2nc1c(-c1ccccc1)c1ccc([nH]1)c(-c1ccccc1)c1nc(c(-c3ccccc3)c3ccc([nH]3)c2-c2ccccc2)C=C1. The normalized spacial score (nSPS) is 13.7. The molecule has 8 bridgehead atoms. The Morgan fingerprint density at radius 1 is 0.460 bits per heavy atom. The molecule has 9 rings (SSSR count). The summed E-state index contributed by atoms with van der Waals surface area (Å²) in [6.07, 6.45) is 4.79. The lowest BCUT2D eigenvalue weighted by atomic mass is 10.0. The predicted molar refractivity (Wildman–Crippen MR) is 205 cm³/mol. The maximum absolute atomic E-state index is 6.85. The molecule has 0 saturated heterocycles. The van der Waals surface area contributed by atoms with Crippen LogP contribution in [0.25, 0.3) is 78.7 Å². The second kappa shape index (κ2) is 12.5. The van der Waals surface area contributed by atoms with Crippen molar-refractivity contribution in [1.82, 2.24) is 19.9 Å². The fourth-order valence-corrected chi connectivity index (χ4v) is 7.16. The summed E-state index contributed by atoms with van der Waals surface area (Å²) in [5.41, 5.74) is 14.8. The molecule has 0 aliphatic carbocycles. The zero-order valence-corrected chi connectivity index (χ0v) is 27.6. The highest BCUT2D eigenvalue weighted by Gasteiger charge is 2.28. The minimum Gasteiger partial charge on any atom is -0.467 e. The molecule has 240 valence electrons. The van der Waals surface area contributed by atoms with Crippen molar-refractivity contribution in [2.75, 3.05) is 0 Å². The summed E-state index contributed by atoms with van der Waals surface area (Å²) < 4.78 is 6.85. The molecule has 2 aliphatic heterocycles. The van der Waals surface area contributed by atoms with Gasteiger partial charge in [0.1, 0.15) is 6.10 Å².